The molecule has 2 amide bonds. The summed E-state index contributed by atoms with van der Waals surface area (Å²) in [6.45, 7) is 10.9. The average Bonchev–Trinajstić information content (AvgIpc) is 3.31. The highest BCUT2D eigenvalue weighted by molar-refractivity contribution is 5.95. The predicted molar refractivity (Wildman–Crippen MR) is 136 cm³/mol. The number of amides is 2. The second kappa shape index (κ2) is 11.8. The third kappa shape index (κ3) is 5.93. The number of aromatic nitrogens is 2. The Morgan fingerprint density at radius 3 is 2.60 bits per heavy atom. The summed E-state index contributed by atoms with van der Waals surface area (Å²) in [5.41, 5.74) is 2.57. The van der Waals surface area contributed by atoms with Gasteiger partial charge in [-0.05, 0) is 30.9 Å². The number of rotatable bonds is 8. The monoisotopic (exact) mass is 481 g/mol. The van der Waals surface area contributed by atoms with Crippen molar-refractivity contribution in [1.29, 1.82) is 0 Å². The molecule has 2 atom stereocenters. The van der Waals surface area contributed by atoms with Crippen LogP contribution in [0.2, 0.25) is 0 Å². The van der Waals surface area contributed by atoms with Gasteiger partial charge in [0.2, 0.25) is 5.91 Å². The fourth-order valence-electron chi connectivity index (χ4n) is 5.15. The van der Waals surface area contributed by atoms with Gasteiger partial charge in [-0.2, -0.15) is 5.10 Å². The molecule has 0 radical (unpaired) electrons. The van der Waals surface area contributed by atoms with Gasteiger partial charge in [-0.25, -0.2) is 4.68 Å². The number of piperidine rings is 1. The maximum Gasteiger partial charge on any atom is 0.257 e. The standard InChI is InChI=1S/C27H39N5O3/c1-4-8-25-24(18-29-32(25)22-9-6-5-7-10-22)27(34)31(19-20(2)3)23-15-21(16-28-17-23)26(33)30-11-13-35-14-12-30/h5-7,9-10,18,20-21,23,28H,4,8,11-17,19H2,1-3H3. The molecule has 2 unspecified atom stereocenters. The molecule has 1 aromatic carbocycles. The largest absolute Gasteiger partial charge is 0.378 e. The molecule has 0 spiro atoms. The van der Waals surface area contributed by atoms with Gasteiger partial charge in [0.25, 0.3) is 5.91 Å². The Bertz CT molecular complexity index is 984. The van der Waals surface area contributed by atoms with Gasteiger partial charge in [0.1, 0.15) is 0 Å². The molecule has 190 valence electrons. The molecule has 3 heterocycles. The van der Waals surface area contributed by atoms with Gasteiger partial charge in [0.05, 0.1) is 42.3 Å². The number of hydrogen-bond acceptors (Lipinski definition) is 5. The zero-order chi connectivity index (χ0) is 24.8. The lowest BCUT2D eigenvalue weighted by molar-refractivity contribution is -0.140. The maximum atomic E-state index is 14.0. The van der Waals surface area contributed by atoms with Gasteiger partial charge < -0.3 is 19.9 Å². The molecule has 2 saturated heterocycles. The van der Waals surface area contributed by atoms with Crippen molar-refractivity contribution in [3.8, 4) is 5.69 Å². The molecule has 2 fully saturated rings. The minimum atomic E-state index is -0.128. The van der Waals surface area contributed by atoms with Crippen LogP contribution in [0.3, 0.4) is 0 Å². The molecule has 4 rings (SSSR count). The normalized spacial score (nSPS) is 20.7. The van der Waals surface area contributed by atoms with Gasteiger partial charge in [-0.3, -0.25) is 9.59 Å². The zero-order valence-electron chi connectivity index (χ0n) is 21.3. The summed E-state index contributed by atoms with van der Waals surface area (Å²) >= 11 is 0. The summed E-state index contributed by atoms with van der Waals surface area (Å²) in [6, 6.07) is 9.94. The molecular weight excluding hydrogens is 442 g/mol. The van der Waals surface area contributed by atoms with Gasteiger partial charge in [0.15, 0.2) is 0 Å². The number of nitrogens with one attached hydrogen (secondary N) is 1. The lowest BCUT2D eigenvalue weighted by atomic mass is 9.92. The molecule has 2 aliphatic rings. The Hall–Kier alpha value is -2.71. The van der Waals surface area contributed by atoms with Crippen LogP contribution in [0.15, 0.2) is 36.5 Å². The van der Waals surface area contributed by atoms with Crippen molar-refractivity contribution >= 4 is 11.8 Å². The average molecular weight is 482 g/mol. The van der Waals surface area contributed by atoms with Crippen molar-refractivity contribution < 1.29 is 14.3 Å². The highest BCUT2D eigenvalue weighted by Gasteiger charge is 2.36. The summed E-state index contributed by atoms with van der Waals surface area (Å²) in [6.07, 6.45) is 4.09. The minimum Gasteiger partial charge on any atom is -0.378 e. The number of morpholine rings is 1. The van der Waals surface area contributed by atoms with Crippen molar-refractivity contribution in [2.45, 2.75) is 46.1 Å². The van der Waals surface area contributed by atoms with Crippen molar-refractivity contribution in [3.63, 3.8) is 0 Å². The molecule has 0 saturated carbocycles. The van der Waals surface area contributed by atoms with E-state index in [4.69, 9.17) is 4.74 Å². The van der Waals surface area contributed by atoms with Crippen LogP contribution in [-0.4, -0.2) is 83.4 Å². The van der Waals surface area contributed by atoms with Gasteiger partial charge in [-0.15, -0.1) is 0 Å². The lowest BCUT2D eigenvalue weighted by Crippen LogP contribution is -2.56. The van der Waals surface area contributed by atoms with Gasteiger partial charge in [-0.1, -0.05) is 45.4 Å². The third-order valence-electron chi connectivity index (χ3n) is 6.85. The molecule has 0 bridgehead atoms. The molecule has 2 aromatic rings. The Morgan fingerprint density at radius 2 is 1.91 bits per heavy atom. The number of nitrogens with zero attached hydrogens (tertiary/aromatic N) is 4. The summed E-state index contributed by atoms with van der Waals surface area (Å²) in [7, 11) is 0. The van der Waals surface area contributed by atoms with Crippen LogP contribution in [0.4, 0.5) is 0 Å². The Kier molecular flexibility index (Phi) is 8.57. The number of para-hydroxylation sites is 1. The number of hydrogen-bond donors (Lipinski definition) is 1. The molecule has 2 aliphatic heterocycles. The first-order chi connectivity index (χ1) is 17.0. The van der Waals surface area contributed by atoms with E-state index in [9.17, 15) is 9.59 Å². The van der Waals surface area contributed by atoms with E-state index < -0.39 is 0 Å². The number of ether oxygens (including phenoxy) is 1. The van der Waals surface area contributed by atoms with E-state index in [1.165, 1.54) is 0 Å². The van der Waals surface area contributed by atoms with Gasteiger partial charge in [0, 0.05) is 38.8 Å². The van der Waals surface area contributed by atoms with Crippen molar-refractivity contribution in [1.82, 2.24) is 24.9 Å². The van der Waals surface area contributed by atoms with Crippen LogP contribution in [0.25, 0.3) is 5.69 Å². The Balaban J connectivity index is 1.58. The number of carbonyl (C=O) groups excluding carboxylic acids is 2. The van der Waals surface area contributed by atoms with Crippen molar-refractivity contribution in [2.75, 3.05) is 45.9 Å². The van der Waals surface area contributed by atoms with E-state index >= 15 is 0 Å². The number of carbonyl (C=O) groups is 2. The van der Waals surface area contributed by atoms with Crippen LogP contribution >= 0.6 is 0 Å². The van der Waals surface area contributed by atoms with Crippen LogP contribution in [-0.2, 0) is 16.0 Å². The molecular formula is C27H39N5O3. The number of benzene rings is 1. The first kappa shape index (κ1) is 25.4. The molecule has 8 heteroatoms. The lowest BCUT2D eigenvalue weighted by Gasteiger charge is -2.40. The van der Waals surface area contributed by atoms with Crippen LogP contribution in [0.5, 0.6) is 0 Å². The van der Waals surface area contributed by atoms with Gasteiger partial charge >= 0.3 is 0 Å². The SMILES string of the molecule is CCCc1c(C(=O)N(CC(C)C)C2CNCC(C(=O)N3CCOCC3)C2)cnn1-c1ccccc1. The fraction of sp³-hybridized carbons (Fsp3) is 0.593. The summed E-state index contributed by atoms with van der Waals surface area (Å²) in [5.74, 6) is 0.367. The minimum absolute atomic E-state index is 0.00982. The third-order valence-corrected chi connectivity index (χ3v) is 6.85. The second-order valence-electron chi connectivity index (χ2n) is 10.0. The topological polar surface area (TPSA) is 79.7 Å². The summed E-state index contributed by atoms with van der Waals surface area (Å²) in [5, 5.41) is 8.06. The van der Waals surface area contributed by atoms with E-state index in [1.807, 2.05) is 44.8 Å². The predicted octanol–water partition coefficient (Wildman–Crippen LogP) is 2.76. The smallest absolute Gasteiger partial charge is 0.257 e. The van der Waals surface area contributed by atoms with E-state index in [-0.39, 0.29) is 23.8 Å². The van der Waals surface area contributed by atoms with E-state index in [0.717, 1.165) is 24.2 Å². The summed E-state index contributed by atoms with van der Waals surface area (Å²) in [4.78, 5) is 31.1. The summed E-state index contributed by atoms with van der Waals surface area (Å²) < 4.78 is 7.31. The maximum absolute atomic E-state index is 14.0. The molecule has 1 N–H and O–H groups in total. The highest BCUT2D eigenvalue weighted by Crippen LogP contribution is 2.24. The van der Waals surface area contributed by atoms with E-state index in [2.05, 4.69) is 31.2 Å². The molecule has 0 aliphatic carbocycles. The Morgan fingerprint density at radius 1 is 1.17 bits per heavy atom. The van der Waals surface area contributed by atoms with Crippen molar-refractivity contribution in [2.24, 2.45) is 11.8 Å². The zero-order valence-corrected chi connectivity index (χ0v) is 21.3. The fourth-order valence-corrected chi connectivity index (χ4v) is 5.15. The van der Waals surface area contributed by atoms with Crippen molar-refractivity contribution in [3.05, 3.63) is 47.8 Å². The van der Waals surface area contributed by atoms with E-state index in [1.54, 1.807) is 6.20 Å². The van der Waals surface area contributed by atoms with Crippen LogP contribution < -0.4 is 5.32 Å². The molecule has 8 nitrogen and oxygen atoms in total. The quantitative estimate of drug-likeness (QED) is 0.627. The highest BCUT2D eigenvalue weighted by atomic mass is 16.5. The first-order valence-electron chi connectivity index (χ1n) is 13.0. The van der Waals surface area contributed by atoms with Crippen LogP contribution in [0, 0.1) is 11.8 Å². The van der Waals surface area contributed by atoms with Crippen LogP contribution in [0.1, 0.15) is 49.7 Å². The van der Waals surface area contributed by atoms with E-state index in [0.29, 0.717) is 63.8 Å². The first-order valence-corrected chi connectivity index (χ1v) is 13.0. The second-order valence-corrected chi connectivity index (χ2v) is 10.0. The Labute approximate surface area is 208 Å². The molecule has 35 heavy (non-hydrogen) atoms. The molecule has 1 aromatic heterocycles.